The van der Waals surface area contributed by atoms with Gasteiger partial charge in [0.25, 0.3) is 0 Å². The van der Waals surface area contributed by atoms with Gasteiger partial charge in [0.1, 0.15) is 12.1 Å². The highest BCUT2D eigenvalue weighted by Crippen LogP contribution is 2.31. The second-order valence-electron chi connectivity index (χ2n) is 3.92. The van der Waals surface area contributed by atoms with Gasteiger partial charge in [0.15, 0.2) is 0 Å². The molecule has 0 aliphatic heterocycles. The summed E-state index contributed by atoms with van der Waals surface area (Å²) >= 11 is 3.06. The number of nitrogen functional groups attached to an aromatic ring is 1. The molecule has 0 bridgehead atoms. The normalized spacial score (nSPS) is 10.3. The number of hydrogen-bond acceptors (Lipinski definition) is 6. The third-order valence-electron chi connectivity index (χ3n) is 2.55. The molecule has 104 valence electrons. The van der Waals surface area contributed by atoms with Crippen LogP contribution in [0.25, 0.3) is 0 Å². The van der Waals surface area contributed by atoms with Crippen molar-refractivity contribution in [1.29, 1.82) is 0 Å². The minimum Gasteiger partial charge on any atom is -0.378 e. The number of aromatic nitrogens is 2. The summed E-state index contributed by atoms with van der Waals surface area (Å²) in [6.07, 6.45) is 1.09. The van der Waals surface area contributed by atoms with Gasteiger partial charge in [-0.2, -0.15) is 0 Å². The second kappa shape index (κ2) is 5.37. The fraction of sp³-hybridized carbons (Fsp3) is 0.0909. The molecule has 1 heterocycles. The van der Waals surface area contributed by atoms with E-state index in [2.05, 4.69) is 31.2 Å². The van der Waals surface area contributed by atoms with Crippen molar-refractivity contribution in [3.8, 4) is 0 Å². The Morgan fingerprint density at radius 1 is 1.45 bits per heavy atom. The zero-order chi connectivity index (χ0) is 14.9. The number of nitrogens with two attached hydrogens (primary N) is 1. The standard InChI is InChI=1S/C11H9BrFN5O2/c1-5-2-6(12)7(13)3-8(5)17-11-9(18(19)20)10(14)15-4-16-11/h2-4H,1H3,(H3,14,15,16,17). The molecule has 0 saturated heterocycles. The first-order valence-electron chi connectivity index (χ1n) is 5.37. The molecule has 0 saturated carbocycles. The van der Waals surface area contributed by atoms with Gasteiger partial charge in [-0.1, -0.05) is 0 Å². The maximum absolute atomic E-state index is 13.5. The summed E-state index contributed by atoms with van der Waals surface area (Å²) in [7, 11) is 0. The Kier molecular flexibility index (Phi) is 3.79. The Labute approximate surface area is 121 Å². The van der Waals surface area contributed by atoms with Crippen molar-refractivity contribution in [2.24, 2.45) is 0 Å². The molecule has 0 aliphatic rings. The number of nitrogens with one attached hydrogen (secondary N) is 1. The zero-order valence-electron chi connectivity index (χ0n) is 10.2. The van der Waals surface area contributed by atoms with Crippen LogP contribution in [-0.2, 0) is 0 Å². The van der Waals surface area contributed by atoms with Crippen molar-refractivity contribution in [1.82, 2.24) is 9.97 Å². The second-order valence-corrected chi connectivity index (χ2v) is 4.77. The van der Waals surface area contributed by atoms with E-state index in [1.165, 1.54) is 6.07 Å². The number of rotatable bonds is 3. The first-order valence-corrected chi connectivity index (χ1v) is 6.17. The van der Waals surface area contributed by atoms with Crippen molar-refractivity contribution in [2.45, 2.75) is 6.92 Å². The van der Waals surface area contributed by atoms with Crippen LogP contribution in [-0.4, -0.2) is 14.9 Å². The Morgan fingerprint density at radius 3 is 2.80 bits per heavy atom. The Bertz CT molecular complexity index is 695. The third-order valence-corrected chi connectivity index (χ3v) is 3.16. The molecule has 0 fully saturated rings. The van der Waals surface area contributed by atoms with Crippen molar-refractivity contribution in [3.63, 3.8) is 0 Å². The van der Waals surface area contributed by atoms with Crippen LogP contribution in [0.5, 0.6) is 0 Å². The minimum absolute atomic E-state index is 0.0904. The molecular formula is C11H9BrFN5O2. The Hall–Kier alpha value is -2.29. The highest BCUT2D eigenvalue weighted by atomic mass is 79.9. The molecule has 0 radical (unpaired) electrons. The number of hydrogen-bond donors (Lipinski definition) is 2. The smallest absolute Gasteiger partial charge is 0.353 e. The molecule has 2 rings (SSSR count). The average molecular weight is 342 g/mol. The van der Waals surface area contributed by atoms with Crippen LogP contribution in [0.3, 0.4) is 0 Å². The molecule has 1 aromatic heterocycles. The molecule has 0 unspecified atom stereocenters. The van der Waals surface area contributed by atoms with Crippen molar-refractivity contribution in [3.05, 3.63) is 44.4 Å². The van der Waals surface area contributed by atoms with E-state index in [0.717, 1.165) is 6.33 Å². The SMILES string of the molecule is Cc1cc(Br)c(F)cc1Nc1ncnc(N)c1[N+](=O)[O-]. The third kappa shape index (κ3) is 2.67. The number of anilines is 3. The number of halogens is 2. The van der Waals surface area contributed by atoms with E-state index in [1.807, 2.05) is 0 Å². The summed E-state index contributed by atoms with van der Waals surface area (Å²) in [6.45, 7) is 1.73. The maximum Gasteiger partial charge on any atom is 0.353 e. The minimum atomic E-state index is -0.692. The van der Waals surface area contributed by atoms with Gasteiger partial charge in [-0.05, 0) is 40.5 Å². The number of nitro groups is 1. The molecule has 2 aromatic rings. The molecule has 0 spiro atoms. The van der Waals surface area contributed by atoms with Crippen LogP contribution >= 0.6 is 15.9 Å². The Balaban J connectivity index is 2.48. The van der Waals surface area contributed by atoms with Gasteiger partial charge in [0.05, 0.1) is 9.40 Å². The summed E-state index contributed by atoms with van der Waals surface area (Å²) in [5, 5.41) is 13.7. The summed E-state index contributed by atoms with van der Waals surface area (Å²) < 4.78 is 13.8. The molecule has 9 heteroatoms. The van der Waals surface area contributed by atoms with E-state index in [4.69, 9.17) is 5.73 Å². The predicted molar refractivity (Wildman–Crippen MR) is 75.2 cm³/mol. The fourth-order valence-electron chi connectivity index (χ4n) is 1.57. The Morgan fingerprint density at radius 2 is 2.15 bits per heavy atom. The summed E-state index contributed by atoms with van der Waals surface area (Å²) in [6, 6.07) is 2.76. The lowest BCUT2D eigenvalue weighted by Gasteiger charge is -2.10. The van der Waals surface area contributed by atoms with Gasteiger partial charge in [-0.25, -0.2) is 14.4 Å². The van der Waals surface area contributed by atoms with Gasteiger partial charge in [-0.15, -0.1) is 0 Å². The molecule has 0 amide bonds. The van der Waals surface area contributed by atoms with E-state index >= 15 is 0 Å². The van der Waals surface area contributed by atoms with E-state index in [-0.39, 0.29) is 11.6 Å². The van der Waals surface area contributed by atoms with E-state index in [9.17, 15) is 14.5 Å². The van der Waals surface area contributed by atoms with Crippen LogP contribution in [0, 0.1) is 22.9 Å². The molecule has 1 aromatic carbocycles. The monoisotopic (exact) mass is 341 g/mol. The van der Waals surface area contributed by atoms with Crippen LogP contribution in [0.4, 0.5) is 27.4 Å². The molecule has 0 aliphatic carbocycles. The van der Waals surface area contributed by atoms with Crippen LogP contribution < -0.4 is 11.1 Å². The summed E-state index contributed by atoms with van der Waals surface area (Å²) in [4.78, 5) is 17.6. The van der Waals surface area contributed by atoms with Gasteiger partial charge >= 0.3 is 5.69 Å². The quantitative estimate of drug-likeness (QED) is 0.656. The van der Waals surface area contributed by atoms with Gasteiger partial charge in [-0.3, -0.25) is 10.1 Å². The molecule has 0 atom stereocenters. The van der Waals surface area contributed by atoms with Gasteiger partial charge < -0.3 is 11.1 Å². The summed E-state index contributed by atoms with van der Waals surface area (Å²) in [5.74, 6) is -0.849. The van der Waals surface area contributed by atoms with E-state index in [1.54, 1.807) is 13.0 Å². The van der Waals surface area contributed by atoms with Crippen LogP contribution in [0.15, 0.2) is 22.9 Å². The molecule has 20 heavy (non-hydrogen) atoms. The highest BCUT2D eigenvalue weighted by molar-refractivity contribution is 9.10. The maximum atomic E-state index is 13.5. The van der Waals surface area contributed by atoms with E-state index in [0.29, 0.717) is 15.7 Å². The van der Waals surface area contributed by atoms with Crippen molar-refractivity contribution in [2.75, 3.05) is 11.1 Å². The fourth-order valence-corrected chi connectivity index (χ4v) is 2.03. The van der Waals surface area contributed by atoms with Gasteiger partial charge in [0, 0.05) is 5.69 Å². The van der Waals surface area contributed by atoms with Crippen molar-refractivity contribution < 1.29 is 9.31 Å². The first-order chi connectivity index (χ1) is 9.40. The van der Waals surface area contributed by atoms with Crippen LogP contribution in [0.2, 0.25) is 0 Å². The van der Waals surface area contributed by atoms with Crippen molar-refractivity contribution >= 4 is 38.9 Å². The van der Waals surface area contributed by atoms with Crippen LogP contribution in [0.1, 0.15) is 5.56 Å². The predicted octanol–water partition coefficient (Wildman–Crippen LogP) is 2.92. The lowest BCUT2D eigenvalue weighted by molar-refractivity contribution is -0.383. The molecule has 3 N–H and O–H groups in total. The lowest BCUT2D eigenvalue weighted by atomic mass is 10.2. The number of benzene rings is 1. The first kappa shape index (κ1) is 14.1. The largest absolute Gasteiger partial charge is 0.378 e. The molecule has 7 nitrogen and oxygen atoms in total. The topological polar surface area (TPSA) is 107 Å². The lowest BCUT2D eigenvalue weighted by Crippen LogP contribution is -2.05. The zero-order valence-corrected chi connectivity index (χ0v) is 11.8. The number of aryl methyl sites for hydroxylation is 1. The summed E-state index contributed by atoms with van der Waals surface area (Å²) in [5.41, 5.74) is 6.04. The molecular weight excluding hydrogens is 333 g/mol. The highest BCUT2D eigenvalue weighted by Gasteiger charge is 2.21. The average Bonchev–Trinajstić information content (AvgIpc) is 2.35. The number of nitrogens with zero attached hydrogens (tertiary/aromatic N) is 3. The van der Waals surface area contributed by atoms with E-state index < -0.39 is 16.4 Å². The van der Waals surface area contributed by atoms with Gasteiger partial charge in [0.2, 0.25) is 11.6 Å².